The molecule has 1 aliphatic heterocycles. The molecule has 4 rings (SSSR count). The Morgan fingerprint density at radius 1 is 1.14 bits per heavy atom. The van der Waals surface area contributed by atoms with Crippen LogP contribution in [0.3, 0.4) is 0 Å². The number of aldehydes is 1. The number of nitrogens with one attached hydrogen (secondary N) is 2. The van der Waals surface area contributed by atoms with Gasteiger partial charge in [-0.05, 0) is 37.4 Å². The van der Waals surface area contributed by atoms with Gasteiger partial charge in [-0.1, -0.05) is 25.0 Å². The van der Waals surface area contributed by atoms with Crippen molar-refractivity contribution in [1.29, 1.82) is 0 Å². The summed E-state index contributed by atoms with van der Waals surface area (Å²) in [5, 5.41) is 4.69. The number of aromatic nitrogens is 3. The number of alkyl halides is 1. The number of carbonyl (C=O) groups excluding carboxylic acids is 2. The molecule has 1 fully saturated rings. The number of pyridine rings is 1. The van der Waals surface area contributed by atoms with Gasteiger partial charge < -0.3 is 20.0 Å². The number of imidazole rings is 1. The number of H-pyrrole nitrogens is 1. The monoisotopic (exact) mass is 481 g/mol. The molecular formula is C27H36FN5O2. The summed E-state index contributed by atoms with van der Waals surface area (Å²) in [6.07, 6.45) is 13.2. The molecule has 188 valence electrons. The van der Waals surface area contributed by atoms with Gasteiger partial charge in [0.25, 0.3) is 5.91 Å². The lowest BCUT2D eigenvalue weighted by molar-refractivity contribution is -0.135. The van der Waals surface area contributed by atoms with Gasteiger partial charge in [-0.2, -0.15) is 0 Å². The SMILES string of the molecule is CNC(=O)C1(F)CCN(C)CC1.O=CCCCCCCc1ncc(-c2ccc3ccncc3c2)[nH]1. The fourth-order valence-corrected chi connectivity index (χ4v) is 4.19. The summed E-state index contributed by atoms with van der Waals surface area (Å²) in [6.45, 7) is 1.31. The number of halogens is 1. The van der Waals surface area contributed by atoms with Crippen LogP contribution in [-0.4, -0.2) is 64.9 Å². The number of unbranched alkanes of at least 4 members (excludes halogenated alkanes) is 4. The highest BCUT2D eigenvalue weighted by Gasteiger charge is 2.40. The number of likely N-dealkylation sites (tertiary alicyclic amines) is 1. The third-order valence-electron chi connectivity index (χ3n) is 6.48. The number of hydrogen-bond donors (Lipinski definition) is 2. The van der Waals surface area contributed by atoms with Crippen molar-refractivity contribution in [3.8, 4) is 11.3 Å². The van der Waals surface area contributed by atoms with Crippen LogP contribution in [0.2, 0.25) is 0 Å². The Hall–Kier alpha value is -3.13. The molecule has 3 heterocycles. The Morgan fingerprint density at radius 2 is 1.91 bits per heavy atom. The van der Waals surface area contributed by atoms with E-state index in [4.69, 9.17) is 0 Å². The van der Waals surface area contributed by atoms with Crippen molar-refractivity contribution in [1.82, 2.24) is 25.2 Å². The van der Waals surface area contributed by atoms with Gasteiger partial charge in [0, 0.05) is 69.2 Å². The number of benzene rings is 1. The lowest BCUT2D eigenvalue weighted by atomic mass is 9.93. The first-order chi connectivity index (χ1) is 16.9. The number of aryl methyl sites for hydroxylation is 1. The molecule has 3 aromatic rings. The van der Waals surface area contributed by atoms with E-state index in [9.17, 15) is 14.0 Å². The second-order valence-electron chi connectivity index (χ2n) is 9.15. The summed E-state index contributed by atoms with van der Waals surface area (Å²) in [4.78, 5) is 35.4. The second-order valence-corrected chi connectivity index (χ2v) is 9.15. The van der Waals surface area contributed by atoms with Crippen LogP contribution in [0.1, 0.15) is 50.8 Å². The normalized spacial score (nSPS) is 15.3. The minimum Gasteiger partial charge on any atom is -0.356 e. The smallest absolute Gasteiger partial charge is 0.257 e. The zero-order valence-corrected chi connectivity index (χ0v) is 20.7. The lowest BCUT2D eigenvalue weighted by Crippen LogP contribution is -2.49. The van der Waals surface area contributed by atoms with Gasteiger partial charge in [-0.3, -0.25) is 9.78 Å². The molecule has 1 saturated heterocycles. The van der Waals surface area contributed by atoms with E-state index < -0.39 is 11.6 Å². The first kappa shape index (κ1) is 26.5. The molecule has 0 saturated carbocycles. The molecular weight excluding hydrogens is 445 g/mol. The van der Waals surface area contributed by atoms with E-state index in [0.717, 1.165) is 60.9 Å². The number of fused-ring (bicyclic) bond motifs is 1. The van der Waals surface area contributed by atoms with Gasteiger partial charge in [0.05, 0.1) is 11.9 Å². The third kappa shape index (κ3) is 7.68. The number of carbonyl (C=O) groups is 2. The van der Waals surface area contributed by atoms with Crippen LogP contribution < -0.4 is 5.32 Å². The first-order valence-corrected chi connectivity index (χ1v) is 12.4. The van der Waals surface area contributed by atoms with E-state index in [-0.39, 0.29) is 0 Å². The number of piperidine rings is 1. The highest BCUT2D eigenvalue weighted by Crippen LogP contribution is 2.26. The van der Waals surface area contributed by atoms with Crippen LogP contribution in [0.15, 0.2) is 42.9 Å². The highest BCUT2D eigenvalue weighted by atomic mass is 19.1. The zero-order chi connectivity index (χ0) is 25.1. The maximum atomic E-state index is 13.7. The van der Waals surface area contributed by atoms with Crippen molar-refractivity contribution in [2.45, 2.75) is 57.0 Å². The van der Waals surface area contributed by atoms with Gasteiger partial charge in [-0.15, -0.1) is 0 Å². The van der Waals surface area contributed by atoms with Crippen LogP contribution in [0.25, 0.3) is 22.0 Å². The van der Waals surface area contributed by atoms with Crippen LogP contribution >= 0.6 is 0 Å². The van der Waals surface area contributed by atoms with Crippen LogP contribution in [0, 0.1) is 0 Å². The Morgan fingerprint density at radius 3 is 2.66 bits per heavy atom. The van der Waals surface area contributed by atoms with Gasteiger partial charge in [0.2, 0.25) is 0 Å². The van der Waals surface area contributed by atoms with E-state index in [1.165, 1.54) is 12.4 Å². The number of aromatic amines is 1. The molecule has 0 spiro atoms. The van der Waals surface area contributed by atoms with Crippen molar-refractivity contribution in [3.63, 3.8) is 0 Å². The van der Waals surface area contributed by atoms with Crippen molar-refractivity contribution in [2.24, 2.45) is 0 Å². The largest absolute Gasteiger partial charge is 0.356 e. The topological polar surface area (TPSA) is 91.0 Å². The Balaban J connectivity index is 0.000000241. The molecule has 2 N–H and O–H groups in total. The van der Waals surface area contributed by atoms with Crippen molar-refractivity contribution >= 4 is 23.0 Å². The van der Waals surface area contributed by atoms with Gasteiger partial charge in [0.1, 0.15) is 12.1 Å². The van der Waals surface area contributed by atoms with E-state index in [1.807, 2.05) is 36.6 Å². The van der Waals surface area contributed by atoms with Crippen LogP contribution in [0.5, 0.6) is 0 Å². The minimum absolute atomic E-state index is 0.309. The maximum absolute atomic E-state index is 13.7. The van der Waals surface area contributed by atoms with Gasteiger partial charge in [0.15, 0.2) is 5.67 Å². The molecule has 0 unspecified atom stereocenters. The molecule has 7 nitrogen and oxygen atoms in total. The average Bonchev–Trinajstić information content (AvgIpc) is 3.36. The number of nitrogens with zero attached hydrogens (tertiary/aromatic N) is 3. The summed E-state index contributed by atoms with van der Waals surface area (Å²) in [5.74, 6) is 0.553. The molecule has 0 radical (unpaired) electrons. The summed E-state index contributed by atoms with van der Waals surface area (Å²) < 4.78 is 13.7. The standard InChI is InChI=1S/C19H21N3O.C8H15FN2O/c23-11-5-3-1-2-4-6-19-21-14-18(22-19)16-8-7-15-9-10-20-13-17(15)12-16;1-10-7(12)8(9)3-5-11(2)6-4-8/h7-14H,1-6H2,(H,21,22);3-6H2,1-2H3,(H,10,12). The molecule has 0 bridgehead atoms. The quantitative estimate of drug-likeness (QED) is 0.347. The molecule has 1 aliphatic rings. The fraction of sp³-hybridized carbons (Fsp3) is 0.481. The highest BCUT2D eigenvalue weighted by molar-refractivity contribution is 5.86. The van der Waals surface area contributed by atoms with Crippen molar-refractivity contribution in [3.05, 3.63) is 48.7 Å². The van der Waals surface area contributed by atoms with Crippen molar-refractivity contribution < 1.29 is 14.0 Å². The summed E-state index contributed by atoms with van der Waals surface area (Å²) in [7, 11) is 3.41. The number of amides is 1. The summed E-state index contributed by atoms with van der Waals surface area (Å²) in [5.41, 5.74) is 0.559. The molecule has 35 heavy (non-hydrogen) atoms. The molecule has 1 aromatic carbocycles. The van der Waals surface area contributed by atoms with E-state index in [2.05, 4.69) is 38.5 Å². The van der Waals surface area contributed by atoms with E-state index in [0.29, 0.717) is 32.4 Å². The van der Waals surface area contributed by atoms with Gasteiger partial charge in [-0.25, -0.2) is 9.37 Å². The number of hydrogen-bond acceptors (Lipinski definition) is 5. The lowest BCUT2D eigenvalue weighted by Gasteiger charge is -2.32. The van der Waals surface area contributed by atoms with Gasteiger partial charge >= 0.3 is 0 Å². The average molecular weight is 482 g/mol. The minimum atomic E-state index is -1.62. The molecule has 2 aromatic heterocycles. The fourth-order valence-electron chi connectivity index (χ4n) is 4.19. The summed E-state index contributed by atoms with van der Waals surface area (Å²) in [6, 6.07) is 8.38. The van der Waals surface area contributed by atoms with E-state index >= 15 is 0 Å². The zero-order valence-electron chi connectivity index (χ0n) is 20.7. The predicted octanol–water partition coefficient (Wildman–Crippen LogP) is 4.48. The van der Waals surface area contributed by atoms with Crippen LogP contribution in [-0.2, 0) is 16.0 Å². The maximum Gasteiger partial charge on any atom is 0.257 e. The summed E-state index contributed by atoms with van der Waals surface area (Å²) >= 11 is 0. The predicted molar refractivity (Wildman–Crippen MR) is 137 cm³/mol. The van der Waals surface area contributed by atoms with Crippen molar-refractivity contribution in [2.75, 3.05) is 27.2 Å². The Labute approximate surface area is 206 Å². The molecule has 0 aliphatic carbocycles. The van der Waals surface area contributed by atoms with E-state index in [1.54, 1.807) is 0 Å². The second kappa shape index (κ2) is 13.1. The number of rotatable bonds is 9. The third-order valence-corrected chi connectivity index (χ3v) is 6.48. The molecule has 8 heteroatoms. The molecule has 0 atom stereocenters. The Kier molecular flexibility index (Phi) is 9.90. The first-order valence-electron chi connectivity index (χ1n) is 12.4. The van der Waals surface area contributed by atoms with Crippen LogP contribution in [0.4, 0.5) is 4.39 Å². The Bertz CT molecular complexity index is 1090. The molecule has 1 amide bonds.